The first kappa shape index (κ1) is 22.0. The van der Waals surface area contributed by atoms with Crippen molar-refractivity contribution < 1.29 is 9.18 Å². The quantitative estimate of drug-likeness (QED) is 0.223. The molecule has 162 valence electrons. The molecule has 0 bridgehead atoms. The van der Waals surface area contributed by atoms with Gasteiger partial charge in [0, 0.05) is 5.56 Å². The van der Waals surface area contributed by atoms with Gasteiger partial charge in [0.25, 0.3) is 5.56 Å². The fraction of sp³-hybridized carbons (Fsp3) is 0.192. The van der Waals surface area contributed by atoms with Gasteiger partial charge in [-0.1, -0.05) is 53.7 Å². The van der Waals surface area contributed by atoms with Crippen molar-refractivity contribution in [3.63, 3.8) is 0 Å². The zero-order valence-corrected chi connectivity index (χ0v) is 19.0. The fourth-order valence-electron chi connectivity index (χ4n) is 3.99. The van der Waals surface area contributed by atoms with Crippen LogP contribution in [0, 0.1) is 26.6 Å². The van der Waals surface area contributed by atoms with Crippen molar-refractivity contribution in [3.8, 4) is 0 Å². The van der Waals surface area contributed by atoms with Crippen LogP contribution in [-0.2, 0) is 6.54 Å². The summed E-state index contributed by atoms with van der Waals surface area (Å²) >= 11 is 1.25. The number of carbonyl (C=O) groups is 1. The highest BCUT2D eigenvalue weighted by Gasteiger charge is 2.17. The summed E-state index contributed by atoms with van der Waals surface area (Å²) in [7, 11) is 0. The van der Waals surface area contributed by atoms with E-state index in [9.17, 15) is 14.0 Å². The Hall–Kier alpha value is -3.25. The lowest BCUT2D eigenvalue weighted by atomic mass is 9.97. The Morgan fingerprint density at radius 3 is 2.34 bits per heavy atom. The number of benzene rings is 3. The number of thioether (sulfide) groups is 1. The minimum absolute atomic E-state index is 0.000685. The molecule has 4 nitrogen and oxygen atoms in total. The van der Waals surface area contributed by atoms with Crippen molar-refractivity contribution in [3.05, 3.63) is 105 Å². The maximum absolute atomic E-state index is 13.3. The molecule has 3 aromatic carbocycles. The summed E-state index contributed by atoms with van der Waals surface area (Å²) in [6.45, 7) is 6.14. The molecule has 1 aromatic heterocycles. The van der Waals surface area contributed by atoms with E-state index in [1.165, 1.54) is 23.9 Å². The van der Waals surface area contributed by atoms with Gasteiger partial charge in [0.05, 0.1) is 23.2 Å². The highest BCUT2D eigenvalue weighted by molar-refractivity contribution is 7.99. The molecule has 0 atom stereocenters. The molecular formula is C26H23FN2O2S. The summed E-state index contributed by atoms with van der Waals surface area (Å²) in [5.41, 5.74) is 4.92. The second kappa shape index (κ2) is 9.09. The smallest absolute Gasteiger partial charge is 0.262 e. The highest BCUT2D eigenvalue weighted by Crippen LogP contribution is 2.23. The Bertz CT molecular complexity index is 1350. The molecular weight excluding hydrogens is 423 g/mol. The van der Waals surface area contributed by atoms with Gasteiger partial charge in [-0.05, 0) is 61.7 Å². The lowest BCUT2D eigenvalue weighted by Crippen LogP contribution is -2.24. The Morgan fingerprint density at radius 1 is 1.00 bits per heavy atom. The minimum Gasteiger partial charge on any atom is -0.293 e. The van der Waals surface area contributed by atoms with Gasteiger partial charge in [-0.15, -0.1) is 0 Å². The molecule has 0 amide bonds. The van der Waals surface area contributed by atoms with E-state index in [0.717, 1.165) is 27.8 Å². The summed E-state index contributed by atoms with van der Waals surface area (Å²) in [6, 6.07) is 17.2. The highest BCUT2D eigenvalue weighted by atomic mass is 32.2. The molecule has 1 heterocycles. The predicted octanol–water partition coefficient (Wildman–Crippen LogP) is 5.48. The van der Waals surface area contributed by atoms with E-state index in [2.05, 4.69) is 4.98 Å². The molecule has 6 heteroatoms. The largest absolute Gasteiger partial charge is 0.293 e. The van der Waals surface area contributed by atoms with Crippen LogP contribution in [0.15, 0.2) is 70.6 Å². The molecule has 0 radical (unpaired) electrons. The number of aromatic nitrogens is 2. The van der Waals surface area contributed by atoms with Gasteiger partial charge in [0.1, 0.15) is 5.82 Å². The van der Waals surface area contributed by atoms with Gasteiger partial charge in [0.15, 0.2) is 10.9 Å². The van der Waals surface area contributed by atoms with E-state index >= 15 is 0 Å². The number of nitrogens with zero attached hydrogens (tertiary/aromatic N) is 2. The standard InChI is InChI=1S/C26H23FN2O2S/c1-16-12-17(2)24(18(3)13-16)23(30)15-32-26-28-22-7-5-4-6-21(22)25(31)29(26)14-19-8-10-20(27)11-9-19/h4-13H,14-15H2,1-3H3. The Kier molecular flexibility index (Phi) is 6.24. The normalized spacial score (nSPS) is 11.1. The van der Waals surface area contributed by atoms with Crippen LogP contribution < -0.4 is 5.56 Å². The van der Waals surface area contributed by atoms with Crippen LogP contribution in [0.3, 0.4) is 0 Å². The van der Waals surface area contributed by atoms with E-state index in [0.29, 0.717) is 16.1 Å². The van der Waals surface area contributed by atoms with Crippen LogP contribution in [0.25, 0.3) is 10.9 Å². The van der Waals surface area contributed by atoms with Crippen molar-refractivity contribution in [2.75, 3.05) is 5.75 Å². The van der Waals surface area contributed by atoms with E-state index in [1.54, 1.807) is 34.9 Å². The van der Waals surface area contributed by atoms with Crippen LogP contribution >= 0.6 is 11.8 Å². The summed E-state index contributed by atoms with van der Waals surface area (Å²) in [4.78, 5) is 31.0. The molecule has 0 aliphatic heterocycles. The molecule has 0 aliphatic rings. The molecule has 0 saturated carbocycles. The monoisotopic (exact) mass is 446 g/mol. The van der Waals surface area contributed by atoms with Gasteiger partial charge in [-0.2, -0.15) is 0 Å². The number of fused-ring (bicyclic) bond motifs is 1. The predicted molar refractivity (Wildman–Crippen MR) is 127 cm³/mol. The second-order valence-electron chi connectivity index (χ2n) is 7.91. The van der Waals surface area contributed by atoms with Gasteiger partial charge in [-0.3, -0.25) is 14.2 Å². The van der Waals surface area contributed by atoms with Crippen molar-refractivity contribution in [2.24, 2.45) is 0 Å². The van der Waals surface area contributed by atoms with E-state index in [-0.39, 0.29) is 29.5 Å². The number of halogens is 1. The van der Waals surface area contributed by atoms with Gasteiger partial charge in [-0.25, -0.2) is 9.37 Å². The SMILES string of the molecule is Cc1cc(C)c(C(=O)CSc2nc3ccccc3c(=O)n2Cc2ccc(F)cc2)c(C)c1. The number of carbonyl (C=O) groups excluding carboxylic acids is 1. The maximum Gasteiger partial charge on any atom is 0.262 e. The summed E-state index contributed by atoms with van der Waals surface area (Å²) in [6.07, 6.45) is 0. The van der Waals surface area contributed by atoms with Crippen molar-refractivity contribution in [1.29, 1.82) is 0 Å². The molecule has 4 rings (SSSR count). The third kappa shape index (κ3) is 4.50. The Labute approximate surface area is 190 Å². The fourth-order valence-corrected chi connectivity index (χ4v) is 4.86. The van der Waals surface area contributed by atoms with Crippen LogP contribution in [0.5, 0.6) is 0 Å². The average Bonchev–Trinajstić information content (AvgIpc) is 2.75. The number of aryl methyl sites for hydroxylation is 3. The first-order valence-corrected chi connectivity index (χ1v) is 11.3. The van der Waals surface area contributed by atoms with Crippen LogP contribution in [0.2, 0.25) is 0 Å². The number of Topliss-reactive ketones (excluding diaryl/α,β-unsaturated/α-hetero) is 1. The first-order chi connectivity index (χ1) is 15.3. The maximum atomic E-state index is 13.3. The first-order valence-electron chi connectivity index (χ1n) is 10.3. The molecule has 4 aromatic rings. The number of hydrogen-bond acceptors (Lipinski definition) is 4. The molecule has 0 unspecified atom stereocenters. The topological polar surface area (TPSA) is 52.0 Å². The van der Waals surface area contributed by atoms with Gasteiger partial charge in [0.2, 0.25) is 0 Å². The second-order valence-corrected chi connectivity index (χ2v) is 8.86. The van der Waals surface area contributed by atoms with E-state index in [4.69, 9.17) is 0 Å². The molecule has 0 spiro atoms. The van der Waals surface area contributed by atoms with E-state index in [1.807, 2.05) is 39.0 Å². The Balaban J connectivity index is 1.70. The molecule has 0 saturated heterocycles. The number of ketones is 1. The third-order valence-electron chi connectivity index (χ3n) is 5.37. The molecule has 0 aliphatic carbocycles. The summed E-state index contributed by atoms with van der Waals surface area (Å²) in [5.74, 6) is -0.165. The van der Waals surface area contributed by atoms with Gasteiger partial charge < -0.3 is 0 Å². The zero-order valence-electron chi connectivity index (χ0n) is 18.2. The van der Waals surface area contributed by atoms with Crippen molar-refractivity contribution in [1.82, 2.24) is 9.55 Å². The summed E-state index contributed by atoms with van der Waals surface area (Å²) in [5, 5.41) is 0.976. The lowest BCUT2D eigenvalue weighted by Gasteiger charge is -2.14. The lowest BCUT2D eigenvalue weighted by molar-refractivity contribution is 0.102. The molecule has 0 N–H and O–H groups in total. The summed E-state index contributed by atoms with van der Waals surface area (Å²) < 4.78 is 14.9. The van der Waals surface area contributed by atoms with Crippen LogP contribution in [0.4, 0.5) is 4.39 Å². The Morgan fingerprint density at radius 2 is 1.66 bits per heavy atom. The number of rotatable bonds is 6. The van der Waals surface area contributed by atoms with Crippen LogP contribution in [0.1, 0.15) is 32.6 Å². The van der Waals surface area contributed by atoms with Gasteiger partial charge >= 0.3 is 0 Å². The number of hydrogen-bond donors (Lipinski definition) is 0. The average molecular weight is 447 g/mol. The van der Waals surface area contributed by atoms with Crippen molar-refractivity contribution in [2.45, 2.75) is 32.5 Å². The molecule has 0 fully saturated rings. The number of para-hydroxylation sites is 1. The zero-order chi connectivity index (χ0) is 22.8. The third-order valence-corrected chi connectivity index (χ3v) is 6.35. The van der Waals surface area contributed by atoms with Crippen molar-refractivity contribution >= 4 is 28.4 Å². The minimum atomic E-state index is -0.332. The molecule has 32 heavy (non-hydrogen) atoms. The van der Waals surface area contributed by atoms with E-state index < -0.39 is 0 Å². The van der Waals surface area contributed by atoms with Crippen LogP contribution in [-0.4, -0.2) is 21.1 Å².